The molecule has 0 atom stereocenters. The van der Waals surface area contributed by atoms with Crippen LogP contribution < -0.4 is 5.73 Å². The van der Waals surface area contributed by atoms with Crippen LogP contribution in [-0.4, -0.2) is 5.11 Å². The molecule has 44 valence electrons. The van der Waals surface area contributed by atoms with E-state index in [1.54, 1.807) is 11.4 Å². The van der Waals surface area contributed by atoms with Crippen LogP contribution in [0.4, 0.5) is 0 Å². The van der Waals surface area contributed by atoms with E-state index in [0.29, 0.717) is 12.3 Å². The first-order chi connectivity index (χ1) is 3.83. The second-order valence-corrected chi connectivity index (χ2v) is 2.47. The van der Waals surface area contributed by atoms with Gasteiger partial charge in [0.2, 0.25) is 0 Å². The number of rotatable bonds is 1. The summed E-state index contributed by atoms with van der Waals surface area (Å²) in [4.78, 5) is 1.02. The molecule has 2 nitrogen and oxygen atoms in total. The van der Waals surface area contributed by atoms with Gasteiger partial charge in [0.15, 0.2) is 0 Å². The van der Waals surface area contributed by atoms with Crippen LogP contribution in [0.25, 0.3) is 0 Å². The van der Waals surface area contributed by atoms with Crippen LogP contribution in [0.15, 0.2) is 11.4 Å². The second kappa shape index (κ2) is 2.15. The lowest BCUT2D eigenvalue weighted by Gasteiger charge is -1.80. The van der Waals surface area contributed by atoms with E-state index in [4.69, 9.17) is 10.8 Å². The van der Waals surface area contributed by atoms with Gasteiger partial charge in [0.1, 0.15) is 5.75 Å². The van der Waals surface area contributed by atoms with Gasteiger partial charge in [-0.15, -0.1) is 11.3 Å². The fraction of sp³-hybridized carbons (Fsp3) is 0.200. The lowest BCUT2D eigenvalue weighted by atomic mass is 10.4. The van der Waals surface area contributed by atoms with Gasteiger partial charge >= 0.3 is 0 Å². The van der Waals surface area contributed by atoms with Crippen LogP contribution in [0.3, 0.4) is 0 Å². The van der Waals surface area contributed by atoms with Crippen molar-refractivity contribution in [3.8, 4) is 5.75 Å². The summed E-state index contributed by atoms with van der Waals surface area (Å²) in [5, 5.41) is 10.4. The highest BCUT2D eigenvalue weighted by Gasteiger charge is 1.91. The predicted octanol–water partition coefficient (Wildman–Crippen LogP) is 0.912. The van der Waals surface area contributed by atoms with Gasteiger partial charge in [0.25, 0.3) is 0 Å². The van der Waals surface area contributed by atoms with Gasteiger partial charge in [-0.25, -0.2) is 0 Å². The Balaban J connectivity index is 2.84. The zero-order valence-corrected chi connectivity index (χ0v) is 5.11. The maximum Gasteiger partial charge on any atom is 0.126 e. The van der Waals surface area contributed by atoms with Crippen molar-refractivity contribution >= 4 is 11.3 Å². The summed E-state index contributed by atoms with van der Waals surface area (Å²) < 4.78 is 0. The molecule has 0 unspecified atom stereocenters. The molecule has 1 rings (SSSR count). The first-order valence-electron chi connectivity index (χ1n) is 2.29. The number of nitrogens with two attached hydrogens (primary N) is 1. The summed E-state index contributed by atoms with van der Waals surface area (Å²) in [6.45, 7) is 0.519. The molecule has 0 aliphatic carbocycles. The maximum absolute atomic E-state index is 8.74. The average molecular weight is 129 g/mol. The van der Waals surface area contributed by atoms with Crippen LogP contribution in [-0.2, 0) is 6.54 Å². The third-order valence-corrected chi connectivity index (χ3v) is 1.79. The highest BCUT2D eigenvalue weighted by molar-refractivity contribution is 7.10. The number of thiophene rings is 1. The molecule has 0 spiro atoms. The van der Waals surface area contributed by atoms with Gasteiger partial charge in [-0.1, -0.05) is 0 Å². The SMILES string of the molecule is NCc1cc(O)cs1. The van der Waals surface area contributed by atoms with E-state index in [1.807, 2.05) is 0 Å². The zero-order valence-electron chi connectivity index (χ0n) is 4.29. The van der Waals surface area contributed by atoms with Gasteiger partial charge in [0, 0.05) is 16.8 Å². The van der Waals surface area contributed by atoms with E-state index in [2.05, 4.69) is 0 Å². The molecule has 0 radical (unpaired) electrons. The Morgan fingerprint density at radius 1 is 1.75 bits per heavy atom. The van der Waals surface area contributed by atoms with Crippen LogP contribution in [0.2, 0.25) is 0 Å². The highest BCUT2D eigenvalue weighted by Crippen LogP contribution is 2.18. The van der Waals surface area contributed by atoms with Crippen LogP contribution in [0.5, 0.6) is 5.75 Å². The van der Waals surface area contributed by atoms with E-state index < -0.39 is 0 Å². The minimum atomic E-state index is 0.315. The Morgan fingerprint density at radius 2 is 2.50 bits per heavy atom. The summed E-state index contributed by atoms with van der Waals surface area (Å²) in [6.07, 6.45) is 0. The van der Waals surface area contributed by atoms with Crippen molar-refractivity contribution in [1.82, 2.24) is 0 Å². The van der Waals surface area contributed by atoms with E-state index in [-0.39, 0.29) is 0 Å². The molecule has 0 saturated heterocycles. The molecule has 0 fully saturated rings. The average Bonchev–Trinajstić information content (AvgIpc) is 2.14. The summed E-state index contributed by atoms with van der Waals surface area (Å²) in [6, 6.07) is 1.67. The highest BCUT2D eigenvalue weighted by atomic mass is 32.1. The summed E-state index contributed by atoms with van der Waals surface area (Å²) in [5.74, 6) is 0.315. The summed E-state index contributed by atoms with van der Waals surface area (Å²) >= 11 is 1.47. The van der Waals surface area contributed by atoms with E-state index >= 15 is 0 Å². The van der Waals surface area contributed by atoms with E-state index in [0.717, 1.165) is 4.88 Å². The molecular weight excluding hydrogens is 122 g/mol. The monoisotopic (exact) mass is 129 g/mol. The van der Waals surface area contributed by atoms with Crippen LogP contribution in [0, 0.1) is 0 Å². The van der Waals surface area contributed by atoms with Gasteiger partial charge in [-0.05, 0) is 6.07 Å². The summed E-state index contributed by atoms with van der Waals surface area (Å²) in [7, 11) is 0. The minimum absolute atomic E-state index is 0.315. The van der Waals surface area contributed by atoms with Crippen molar-refractivity contribution in [3.63, 3.8) is 0 Å². The molecule has 0 aliphatic heterocycles. The number of hydrogen-bond donors (Lipinski definition) is 2. The van der Waals surface area contributed by atoms with Crippen LogP contribution >= 0.6 is 11.3 Å². The van der Waals surface area contributed by atoms with Crippen molar-refractivity contribution in [2.24, 2.45) is 5.73 Å². The van der Waals surface area contributed by atoms with Gasteiger partial charge in [0.05, 0.1) is 0 Å². The zero-order chi connectivity index (χ0) is 5.98. The lowest BCUT2D eigenvalue weighted by Crippen LogP contribution is -1.90. The van der Waals surface area contributed by atoms with Crippen molar-refractivity contribution in [2.75, 3.05) is 0 Å². The standard InChI is InChI=1S/C5H7NOS/c6-2-5-1-4(7)3-8-5/h1,3,7H,2,6H2. The van der Waals surface area contributed by atoms with E-state index in [1.165, 1.54) is 11.3 Å². The third kappa shape index (κ3) is 0.993. The molecule has 1 aromatic rings. The maximum atomic E-state index is 8.74. The molecule has 1 heterocycles. The second-order valence-electron chi connectivity index (χ2n) is 1.48. The minimum Gasteiger partial charge on any atom is -0.507 e. The molecule has 0 amide bonds. The van der Waals surface area contributed by atoms with Crippen molar-refractivity contribution in [3.05, 3.63) is 16.3 Å². The molecule has 8 heavy (non-hydrogen) atoms. The Labute approximate surface area is 51.6 Å². The first kappa shape index (κ1) is 5.59. The number of aromatic hydroxyl groups is 1. The fourth-order valence-corrected chi connectivity index (χ4v) is 1.10. The van der Waals surface area contributed by atoms with Crippen molar-refractivity contribution in [1.29, 1.82) is 0 Å². The van der Waals surface area contributed by atoms with Crippen molar-refractivity contribution < 1.29 is 5.11 Å². The fourth-order valence-electron chi connectivity index (χ4n) is 0.476. The van der Waals surface area contributed by atoms with E-state index in [9.17, 15) is 0 Å². The first-order valence-corrected chi connectivity index (χ1v) is 3.17. The Hall–Kier alpha value is -0.540. The van der Waals surface area contributed by atoms with Crippen molar-refractivity contribution in [2.45, 2.75) is 6.54 Å². The molecule has 0 bridgehead atoms. The molecule has 3 heteroatoms. The molecule has 3 N–H and O–H groups in total. The third-order valence-electron chi connectivity index (χ3n) is 0.841. The quantitative estimate of drug-likeness (QED) is 0.592. The molecule has 0 saturated carbocycles. The van der Waals surface area contributed by atoms with Gasteiger partial charge in [-0.3, -0.25) is 0 Å². The largest absolute Gasteiger partial charge is 0.507 e. The smallest absolute Gasteiger partial charge is 0.126 e. The molecular formula is C5H7NOS. The summed E-state index contributed by atoms with van der Waals surface area (Å²) in [5.41, 5.74) is 5.26. The van der Waals surface area contributed by atoms with Crippen LogP contribution in [0.1, 0.15) is 4.88 Å². The molecule has 0 aromatic carbocycles. The number of hydrogen-bond acceptors (Lipinski definition) is 3. The Kier molecular flexibility index (Phi) is 1.50. The molecule has 1 aromatic heterocycles. The van der Waals surface area contributed by atoms with Gasteiger partial charge in [-0.2, -0.15) is 0 Å². The van der Waals surface area contributed by atoms with Gasteiger partial charge < -0.3 is 10.8 Å². The lowest BCUT2D eigenvalue weighted by molar-refractivity contribution is 0.477. The Bertz CT molecular complexity index is 173. The predicted molar refractivity (Wildman–Crippen MR) is 33.9 cm³/mol. The Morgan fingerprint density at radius 3 is 2.75 bits per heavy atom. The normalized spacial score (nSPS) is 9.62. The molecule has 0 aliphatic rings. The topological polar surface area (TPSA) is 46.2 Å².